The number of aryl methyl sites for hydroxylation is 1. The topological polar surface area (TPSA) is 51.3 Å². The van der Waals surface area contributed by atoms with E-state index >= 15 is 0 Å². The summed E-state index contributed by atoms with van der Waals surface area (Å²) < 4.78 is 10.0. The van der Waals surface area contributed by atoms with Crippen molar-refractivity contribution in [1.82, 2.24) is 4.98 Å². The molecule has 2 aromatic rings. The summed E-state index contributed by atoms with van der Waals surface area (Å²) in [6, 6.07) is 9.59. The SMILES string of the molecule is CCc1ccc(OC)c(-c2ccc(C(=O)OC)[nH]2)c1. The Kier molecular flexibility index (Phi) is 3.90. The van der Waals surface area contributed by atoms with E-state index in [1.165, 1.54) is 12.7 Å². The third-order valence-electron chi connectivity index (χ3n) is 3.05. The number of ether oxygens (including phenoxy) is 2. The monoisotopic (exact) mass is 259 g/mol. The molecule has 0 radical (unpaired) electrons. The molecule has 0 fully saturated rings. The largest absolute Gasteiger partial charge is 0.496 e. The number of aromatic amines is 1. The minimum atomic E-state index is -0.378. The third kappa shape index (κ3) is 2.62. The van der Waals surface area contributed by atoms with Crippen LogP contribution in [0.25, 0.3) is 11.3 Å². The van der Waals surface area contributed by atoms with E-state index in [2.05, 4.69) is 22.7 Å². The molecule has 0 aliphatic carbocycles. The van der Waals surface area contributed by atoms with Crippen molar-refractivity contribution in [2.45, 2.75) is 13.3 Å². The number of carbonyl (C=O) groups excluding carboxylic acids is 1. The molecule has 0 aliphatic rings. The number of esters is 1. The van der Waals surface area contributed by atoms with Crippen molar-refractivity contribution in [3.05, 3.63) is 41.6 Å². The molecule has 100 valence electrons. The highest BCUT2D eigenvalue weighted by atomic mass is 16.5. The summed E-state index contributed by atoms with van der Waals surface area (Å²) in [5.74, 6) is 0.396. The molecule has 0 bridgehead atoms. The summed E-state index contributed by atoms with van der Waals surface area (Å²) >= 11 is 0. The maximum absolute atomic E-state index is 11.5. The number of aromatic nitrogens is 1. The van der Waals surface area contributed by atoms with Crippen molar-refractivity contribution in [1.29, 1.82) is 0 Å². The van der Waals surface area contributed by atoms with E-state index in [-0.39, 0.29) is 5.97 Å². The minimum absolute atomic E-state index is 0.378. The predicted molar refractivity (Wildman–Crippen MR) is 73.5 cm³/mol. The van der Waals surface area contributed by atoms with Gasteiger partial charge in [0, 0.05) is 11.3 Å². The molecule has 4 heteroatoms. The van der Waals surface area contributed by atoms with E-state index in [0.29, 0.717) is 5.69 Å². The Bertz CT molecular complexity index is 587. The van der Waals surface area contributed by atoms with Gasteiger partial charge in [-0.05, 0) is 36.2 Å². The second-order valence-electron chi connectivity index (χ2n) is 4.17. The van der Waals surface area contributed by atoms with Crippen LogP contribution < -0.4 is 4.74 Å². The molecule has 0 saturated heterocycles. The van der Waals surface area contributed by atoms with E-state index in [1.807, 2.05) is 18.2 Å². The van der Waals surface area contributed by atoms with E-state index in [9.17, 15) is 4.79 Å². The molecule has 0 unspecified atom stereocenters. The first kappa shape index (κ1) is 13.2. The Morgan fingerprint density at radius 1 is 1.21 bits per heavy atom. The van der Waals surface area contributed by atoms with Gasteiger partial charge >= 0.3 is 5.97 Å². The molecule has 0 spiro atoms. The number of hydrogen-bond donors (Lipinski definition) is 1. The number of H-pyrrole nitrogens is 1. The predicted octanol–water partition coefficient (Wildman–Crippen LogP) is 3.04. The van der Waals surface area contributed by atoms with E-state index < -0.39 is 0 Å². The molecule has 0 atom stereocenters. The van der Waals surface area contributed by atoms with Gasteiger partial charge in [0.15, 0.2) is 0 Å². The Labute approximate surface area is 112 Å². The van der Waals surface area contributed by atoms with Crippen molar-refractivity contribution in [2.75, 3.05) is 14.2 Å². The van der Waals surface area contributed by atoms with Gasteiger partial charge < -0.3 is 14.5 Å². The van der Waals surface area contributed by atoms with Gasteiger partial charge in [0.25, 0.3) is 0 Å². The molecule has 1 aromatic heterocycles. The normalized spacial score (nSPS) is 10.3. The molecular formula is C15H17NO3. The summed E-state index contributed by atoms with van der Waals surface area (Å²) in [6.45, 7) is 2.10. The lowest BCUT2D eigenvalue weighted by molar-refractivity contribution is 0.0595. The Morgan fingerprint density at radius 2 is 2.00 bits per heavy atom. The fourth-order valence-corrected chi connectivity index (χ4v) is 1.97. The number of nitrogens with one attached hydrogen (secondary N) is 1. The maximum Gasteiger partial charge on any atom is 0.354 e. The van der Waals surface area contributed by atoms with Crippen LogP contribution in [0.3, 0.4) is 0 Å². The van der Waals surface area contributed by atoms with Crippen molar-refractivity contribution in [3.63, 3.8) is 0 Å². The highest BCUT2D eigenvalue weighted by molar-refractivity contribution is 5.88. The van der Waals surface area contributed by atoms with Gasteiger partial charge in [-0.2, -0.15) is 0 Å². The van der Waals surface area contributed by atoms with Crippen LogP contribution in [-0.4, -0.2) is 25.2 Å². The van der Waals surface area contributed by atoms with Crippen LogP contribution in [0.15, 0.2) is 30.3 Å². The average molecular weight is 259 g/mol. The van der Waals surface area contributed by atoms with Gasteiger partial charge in [-0.3, -0.25) is 0 Å². The summed E-state index contributed by atoms with van der Waals surface area (Å²) in [4.78, 5) is 14.5. The van der Waals surface area contributed by atoms with Gasteiger partial charge in [0.05, 0.1) is 14.2 Å². The molecule has 1 aromatic carbocycles. The second kappa shape index (κ2) is 5.61. The lowest BCUT2D eigenvalue weighted by Crippen LogP contribution is -2.01. The lowest BCUT2D eigenvalue weighted by Gasteiger charge is -2.09. The second-order valence-corrected chi connectivity index (χ2v) is 4.17. The van der Waals surface area contributed by atoms with Crippen LogP contribution in [-0.2, 0) is 11.2 Å². The molecule has 2 rings (SSSR count). The Balaban J connectivity index is 2.45. The Hall–Kier alpha value is -2.23. The summed E-state index contributed by atoms with van der Waals surface area (Å²) in [7, 11) is 3.00. The van der Waals surface area contributed by atoms with Crippen molar-refractivity contribution in [3.8, 4) is 17.0 Å². The third-order valence-corrected chi connectivity index (χ3v) is 3.05. The van der Waals surface area contributed by atoms with Crippen LogP contribution >= 0.6 is 0 Å². The summed E-state index contributed by atoms with van der Waals surface area (Å²) in [5, 5.41) is 0. The standard InChI is InChI=1S/C15H17NO3/c1-4-10-5-8-14(18-2)11(9-10)12-6-7-13(16-12)15(17)19-3/h5-9,16H,4H2,1-3H3. The summed E-state index contributed by atoms with van der Waals surface area (Å²) in [5.41, 5.74) is 3.43. The first-order chi connectivity index (χ1) is 9.19. The highest BCUT2D eigenvalue weighted by Crippen LogP contribution is 2.30. The van der Waals surface area contributed by atoms with Crippen molar-refractivity contribution < 1.29 is 14.3 Å². The molecule has 1 N–H and O–H groups in total. The van der Waals surface area contributed by atoms with Gasteiger partial charge in [0.1, 0.15) is 11.4 Å². The molecular weight excluding hydrogens is 242 g/mol. The number of hydrogen-bond acceptors (Lipinski definition) is 3. The van der Waals surface area contributed by atoms with Crippen LogP contribution in [0.1, 0.15) is 23.0 Å². The van der Waals surface area contributed by atoms with Crippen LogP contribution in [0.5, 0.6) is 5.75 Å². The van der Waals surface area contributed by atoms with E-state index in [4.69, 9.17) is 4.74 Å². The van der Waals surface area contributed by atoms with Crippen LogP contribution in [0, 0.1) is 0 Å². The smallest absolute Gasteiger partial charge is 0.354 e. The molecule has 1 heterocycles. The first-order valence-electron chi connectivity index (χ1n) is 6.14. The van der Waals surface area contributed by atoms with Gasteiger partial charge in [0.2, 0.25) is 0 Å². The van der Waals surface area contributed by atoms with Crippen molar-refractivity contribution in [2.24, 2.45) is 0 Å². The molecule has 0 aliphatic heterocycles. The molecule has 4 nitrogen and oxygen atoms in total. The molecule has 0 amide bonds. The number of benzene rings is 1. The van der Waals surface area contributed by atoms with E-state index in [1.54, 1.807) is 13.2 Å². The minimum Gasteiger partial charge on any atom is -0.496 e. The molecule has 19 heavy (non-hydrogen) atoms. The average Bonchev–Trinajstić information content (AvgIpc) is 2.95. The maximum atomic E-state index is 11.5. The van der Waals surface area contributed by atoms with Crippen LogP contribution in [0.4, 0.5) is 0 Å². The fourth-order valence-electron chi connectivity index (χ4n) is 1.97. The summed E-state index contributed by atoms with van der Waals surface area (Å²) in [6.07, 6.45) is 0.946. The zero-order valence-corrected chi connectivity index (χ0v) is 11.3. The zero-order valence-electron chi connectivity index (χ0n) is 11.3. The van der Waals surface area contributed by atoms with Gasteiger partial charge in [-0.25, -0.2) is 4.79 Å². The van der Waals surface area contributed by atoms with Crippen LogP contribution in [0.2, 0.25) is 0 Å². The quantitative estimate of drug-likeness (QED) is 0.859. The number of methoxy groups -OCH3 is 2. The number of rotatable bonds is 4. The zero-order chi connectivity index (χ0) is 13.8. The van der Waals surface area contributed by atoms with Crippen molar-refractivity contribution >= 4 is 5.97 Å². The van der Waals surface area contributed by atoms with E-state index in [0.717, 1.165) is 23.4 Å². The Morgan fingerprint density at radius 3 is 2.63 bits per heavy atom. The van der Waals surface area contributed by atoms with Gasteiger partial charge in [-0.1, -0.05) is 13.0 Å². The number of carbonyl (C=O) groups is 1. The lowest BCUT2D eigenvalue weighted by atomic mass is 10.1. The fraction of sp³-hybridized carbons (Fsp3) is 0.267. The highest BCUT2D eigenvalue weighted by Gasteiger charge is 2.12. The molecule has 0 saturated carbocycles. The first-order valence-corrected chi connectivity index (χ1v) is 6.14. The van der Waals surface area contributed by atoms with Gasteiger partial charge in [-0.15, -0.1) is 0 Å².